The van der Waals surface area contributed by atoms with Gasteiger partial charge >= 0.3 is 62.3 Å². The van der Waals surface area contributed by atoms with Crippen molar-refractivity contribution in [2.45, 2.75) is 35.9 Å². The second-order valence-corrected chi connectivity index (χ2v) is 7.85. The molecule has 0 aromatic heterocycles. The molecule has 2 heteroatoms. The van der Waals surface area contributed by atoms with Crippen molar-refractivity contribution in [2.75, 3.05) is 6.61 Å². The van der Waals surface area contributed by atoms with Crippen LogP contribution in [0.4, 0.5) is 0 Å². The van der Waals surface area contributed by atoms with E-state index in [0.717, 1.165) is 5.21 Å². The van der Waals surface area contributed by atoms with E-state index in [2.05, 4.69) is 12.6 Å². The van der Waals surface area contributed by atoms with Gasteiger partial charge in [0, 0.05) is 0 Å². The average Bonchev–Trinajstić information content (AvgIpc) is 1.85. The van der Waals surface area contributed by atoms with E-state index in [-0.39, 0.29) is 0 Å². The van der Waals surface area contributed by atoms with Gasteiger partial charge < -0.3 is 0 Å². The average molecular weight is 192 g/mol. The van der Waals surface area contributed by atoms with Gasteiger partial charge in [0.1, 0.15) is 0 Å². The van der Waals surface area contributed by atoms with Crippen molar-refractivity contribution in [1.82, 2.24) is 0 Å². The van der Waals surface area contributed by atoms with Crippen LogP contribution in [0.3, 0.4) is 0 Å². The first-order chi connectivity index (χ1) is 4.31. The molecule has 0 rings (SSSR count). The summed E-state index contributed by atoms with van der Waals surface area (Å²) in [5, 5.41) is 11.1. The van der Waals surface area contributed by atoms with Crippen LogP contribution in [0.25, 0.3) is 0 Å². The molecule has 0 spiro atoms. The topological polar surface area (TPSA) is 20.2 Å². The van der Waals surface area contributed by atoms with Gasteiger partial charge in [-0.15, -0.1) is 0 Å². The van der Waals surface area contributed by atoms with E-state index in [4.69, 9.17) is 5.11 Å². The Morgan fingerprint density at radius 3 is 2.44 bits per heavy atom. The summed E-state index contributed by atoms with van der Waals surface area (Å²) < 4.78 is 0. The van der Waals surface area contributed by atoms with Crippen molar-refractivity contribution < 1.29 is 5.11 Å². The van der Waals surface area contributed by atoms with Gasteiger partial charge in [-0.3, -0.25) is 0 Å². The second kappa shape index (κ2) is 6.64. The molecule has 0 aromatic carbocycles. The summed E-state index contributed by atoms with van der Waals surface area (Å²) in [5.74, 6) is 0. The van der Waals surface area contributed by atoms with E-state index in [1.807, 2.05) is 0 Å². The number of rotatable bonds is 5. The molecule has 0 amide bonds. The summed E-state index contributed by atoms with van der Waals surface area (Å²) in [6.07, 6.45) is 2.68. The number of unbranched alkanes of at least 4 members (excludes halogenated alkanes) is 1. The zero-order chi connectivity index (χ0) is 7.11. The third-order valence-corrected chi connectivity index (χ3v) is 5.66. The van der Waals surface area contributed by atoms with Crippen LogP contribution in [0.1, 0.15) is 19.8 Å². The quantitative estimate of drug-likeness (QED) is 0.659. The summed E-state index contributed by atoms with van der Waals surface area (Å²) in [4.78, 5) is 0. The number of aliphatic hydroxyl groups excluding tert-OH is 1. The fourth-order valence-electron chi connectivity index (χ4n) is 0.711. The van der Waals surface area contributed by atoms with Crippen molar-refractivity contribution in [3.8, 4) is 0 Å². The maximum atomic E-state index is 8.57. The van der Waals surface area contributed by atoms with Gasteiger partial charge in [-0.2, -0.15) is 0 Å². The molecule has 1 nitrogen and oxygen atoms in total. The Hall–Kier alpha value is 0.518. The Kier molecular flexibility index (Phi) is 7.02. The van der Waals surface area contributed by atoms with Crippen LogP contribution in [0.15, 0.2) is 0 Å². The van der Waals surface area contributed by atoms with Crippen molar-refractivity contribution in [3.05, 3.63) is 0 Å². The summed E-state index contributed by atoms with van der Waals surface area (Å²) in [6, 6.07) is 0. The minimum absolute atomic E-state index is 0.417. The van der Waals surface area contributed by atoms with E-state index in [9.17, 15) is 0 Å². The van der Waals surface area contributed by atoms with Gasteiger partial charge in [-0.25, -0.2) is 0 Å². The molecule has 0 aliphatic carbocycles. The molecular formula is C7H17AsO. The van der Waals surface area contributed by atoms with Crippen molar-refractivity contribution in [1.29, 1.82) is 0 Å². The van der Waals surface area contributed by atoms with Crippen molar-refractivity contribution in [3.63, 3.8) is 0 Å². The van der Waals surface area contributed by atoms with Crippen molar-refractivity contribution >= 4 is 14.7 Å². The first-order valence-corrected chi connectivity index (χ1v) is 8.13. The Bertz CT molecular complexity index is 56.9. The number of hydrogen-bond acceptors (Lipinski definition) is 1. The molecule has 1 atom stereocenters. The van der Waals surface area contributed by atoms with E-state index in [1.165, 1.54) is 18.1 Å². The molecular weight excluding hydrogens is 175 g/mol. The standard InChI is InChI=1S/C7H17AsO/c1-3-4-5-8(2)6-7-9/h9H,3-7H2,1-2H3. The summed E-state index contributed by atoms with van der Waals surface area (Å²) in [7, 11) is 0. The van der Waals surface area contributed by atoms with Gasteiger partial charge in [0.2, 0.25) is 0 Å². The van der Waals surface area contributed by atoms with Crippen LogP contribution in [0.5, 0.6) is 0 Å². The zero-order valence-electron chi connectivity index (χ0n) is 6.43. The number of aliphatic hydroxyl groups is 1. The normalized spacial score (nSPS) is 13.7. The van der Waals surface area contributed by atoms with Gasteiger partial charge in [0.15, 0.2) is 0 Å². The van der Waals surface area contributed by atoms with Crippen LogP contribution in [-0.2, 0) is 0 Å². The SMILES string of the molecule is CCCC[As](C)CCO. The zero-order valence-corrected chi connectivity index (χ0v) is 8.31. The van der Waals surface area contributed by atoms with E-state index < -0.39 is 14.7 Å². The molecule has 0 fully saturated rings. The molecule has 56 valence electrons. The van der Waals surface area contributed by atoms with Crippen LogP contribution in [0.2, 0.25) is 16.1 Å². The molecule has 0 aliphatic rings. The monoisotopic (exact) mass is 192 g/mol. The Labute approximate surface area is 62.7 Å². The summed E-state index contributed by atoms with van der Waals surface area (Å²) in [5.41, 5.74) is 2.35. The third kappa shape index (κ3) is 6.40. The molecule has 0 saturated heterocycles. The predicted molar refractivity (Wildman–Crippen MR) is 43.2 cm³/mol. The Balaban J connectivity index is 2.95. The van der Waals surface area contributed by atoms with E-state index in [1.54, 1.807) is 0 Å². The summed E-state index contributed by atoms with van der Waals surface area (Å²) >= 11 is -0.529. The predicted octanol–water partition coefficient (Wildman–Crippen LogP) is 1.90. The molecule has 0 aliphatic heterocycles. The van der Waals surface area contributed by atoms with Gasteiger partial charge in [0.05, 0.1) is 0 Å². The van der Waals surface area contributed by atoms with Crippen LogP contribution in [0, 0.1) is 0 Å². The number of hydrogen-bond donors (Lipinski definition) is 1. The minimum atomic E-state index is -0.529. The fourth-order valence-corrected chi connectivity index (χ4v) is 3.69. The Morgan fingerprint density at radius 2 is 2.00 bits per heavy atom. The molecule has 1 unspecified atom stereocenters. The molecule has 9 heavy (non-hydrogen) atoms. The molecule has 0 saturated carbocycles. The molecule has 0 heterocycles. The van der Waals surface area contributed by atoms with Gasteiger partial charge in [0.25, 0.3) is 0 Å². The summed E-state index contributed by atoms with van der Waals surface area (Å²) in [6.45, 7) is 2.64. The van der Waals surface area contributed by atoms with E-state index >= 15 is 0 Å². The first kappa shape index (κ1) is 9.52. The molecule has 0 bridgehead atoms. The van der Waals surface area contributed by atoms with Crippen LogP contribution >= 0.6 is 0 Å². The van der Waals surface area contributed by atoms with Crippen molar-refractivity contribution in [2.24, 2.45) is 0 Å². The first-order valence-electron chi connectivity index (χ1n) is 3.60. The maximum absolute atomic E-state index is 8.57. The van der Waals surface area contributed by atoms with Gasteiger partial charge in [-0.1, -0.05) is 0 Å². The molecule has 1 N–H and O–H groups in total. The van der Waals surface area contributed by atoms with Crippen LogP contribution < -0.4 is 0 Å². The molecule has 0 aromatic rings. The van der Waals surface area contributed by atoms with E-state index in [0.29, 0.717) is 6.61 Å². The van der Waals surface area contributed by atoms with Gasteiger partial charge in [-0.05, 0) is 0 Å². The second-order valence-electron chi connectivity index (χ2n) is 2.38. The van der Waals surface area contributed by atoms with Crippen LogP contribution in [-0.4, -0.2) is 26.4 Å². The third-order valence-electron chi connectivity index (χ3n) is 1.38. The fraction of sp³-hybridized carbons (Fsp3) is 1.00. The Morgan fingerprint density at radius 1 is 1.33 bits per heavy atom. The molecule has 0 radical (unpaired) electrons.